The van der Waals surface area contributed by atoms with Crippen LogP contribution in [-0.4, -0.2) is 23.2 Å². The van der Waals surface area contributed by atoms with Gasteiger partial charge >= 0.3 is 6.03 Å². The number of urea groups is 1. The van der Waals surface area contributed by atoms with Gasteiger partial charge in [-0.15, -0.1) is 0 Å². The number of hydrogen-bond donors (Lipinski definition) is 2. The summed E-state index contributed by atoms with van der Waals surface area (Å²) in [6.45, 7) is 2.87. The van der Waals surface area contributed by atoms with Gasteiger partial charge in [0.1, 0.15) is 11.4 Å². The van der Waals surface area contributed by atoms with Crippen molar-refractivity contribution in [2.75, 3.05) is 17.2 Å². The summed E-state index contributed by atoms with van der Waals surface area (Å²) in [5.74, 6) is 0.699. The van der Waals surface area contributed by atoms with E-state index < -0.39 is 16.6 Å². The number of nitrogens with one attached hydrogen (secondary N) is 2. The normalized spacial score (nSPS) is 16.4. The lowest BCUT2D eigenvalue weighted by molar-refractivity contribution is -0.384. The lowest BCUT2D eigenvalue weighted by Crippen LogP contribution is -2.37. The lowest BCUT2D eigenvalue weighted by Gasteiger charge is -2.31. The minimum Gasteiger partial charge on any atom is -0.480 e. The molecule has 1 aliphatic rings. The number of nitro benzene ring substituents is 1. The number of anilines is 2. The molecule has 2 amide bonds. The van der Waals surface area contributed by atoms with Crippen molar-refractivity contribution in [3.05, 3.63) is 100 Å². The summed E-state index contributed by atoms with van der Waals surface area (Å²) >= 11 is 0. The number of carbonyl (C=O) groups excluding carboxylic acids is 1. The van der Waals surface area contributed by atoms with Crippen LogP contribution >= 0.6 is 0 Å². The summed E-state index contributed by atoms with van der Waals surface area (Å²) in [5, 5.41) is 16.1. The smallest absolute Gasteiger partial charge is 0.323 e. The SMILES string of the molecule is CC1(COCc2ccccc2)C=Cc2cc(NC(=O)Nc3ccc([N+](=O)[O-])cc3)ccc2O1. The van der Waals surface area contributed by atoms with Crippen molar-refractivity contribution in [3.8, 4) is 5.75 Å². The fourth-order valence-corrected chi connectivity index (χ4v) is 3.38. The molecule has 1 unspecified atom stereocenters. The average molecular weight is 445 g/mol. The zero-order valence-corrected chi connectivity index (χ0v) is 18.0. The molecular formula is C25H23N3O5. The highest BCUT2D eigenvalue weighted by molar-refractivity contribution is 6.00. The molecule has 8 nitrogen and oxygen atoms in total. The molecule has 168 valence electrons. The van der Waals surface area contributed by atoms with Crippen LogP contribution in [0.25, 0.3) is 6.08 Å². The number of rotatable bonds is 7. The van der Waals surface area contributed by atoms with Crippen molar-refractivity contribution >= 4 is 29.2 Å². The molecule has 1 aliphatic heterocycles. The standard InChI is InChI=1S/C25H23N3O5/c1-25(17-32-16-18-5-3-2-4-6-18)14-13-19-15-21(9-12-23(19)33-25)27-24(29)26-20-7-10-22(11-8-20)28(30)31/h2-15H,16-17H2,1H3,(H2,26,27,29). The molecule has 0 saturated carbocycles. The van der Waals surface area contributed by atoms with E-state index in [4.69, 9.17) is 9.47 Å². The predicted octanol–water partition coefficient (Wildman–Crippen LogP) is 5.62. The van der Waals surface area contributed by atoms with Gasteiger partial charge in [-0.1, -0.05) is 36.4 Å². The molecule has 0 saturated heterocycles. The molecule has 0 aliphatic carbocycles. The van der Waals surface area contributed by atoms with Crippen LogP contribution in [0.1, 0.15) is 18.1 Å². The number of amides is 2. The number of carbonyl (C=O) groups is 1. The molecule has 3 aromatic carbocycles. The average Bonchev–Trinajstić information content (AvgIpc) is 2.80. The minimum atomic E-state index is -0.593. The van der Waals surface area contributed by atoms with Crippen LogP contribution in [0.5, 0.6) is 5.75 Å². The Labute approximate surface area is 191 Å². The maximum Gasteiger partial charge on any atom is 0.323 e. The zero-order chi connectivity index (χ0) is 23.3. The Morgan fingerprint density at radius 3 is 2.45 bits per heavy atom. The van der Waals surface area contributed by atoms with Gasteiger partial charge in [0, 0.05) is 29.1 Å². The first-order valence-electron chi connectivity index (χ1n) is 10.4. The van der Waals surface area contributed by atoms with Gasteiger partial charge in [-0.25, -0.2) is 4.79 Å². The number of nitrogens with zero attached hydrogens (tertiary/aromatic N) is 1. The van der Waals surface area contributed by atoms with Crippen molar-refractivity contribution < 1.29 is 19.2 Å². The number of benzene rings is 3. The third-order valence-electron chi connectivity index (χ3n) is 5.06. The fraction of sp³-hybridized carbons (Fsp3) is 0.160. The number of non-ortho nitro benzene ring substituents is 1. The van der Waals surface area contributed by atoms with Crippen LogP contribution in [0.4, 0.5) is 21.9 Å². The van der Waals surface area contributed by atoms with Gasteiger partial charge < -0.3 is 20.1 Å². The van der Waals surface area contributed by atoms with Crippen molar-refractivity contribution in [2.45, 2.75) is 19.1 Å². The maximum atomic E-state index is 12.3. The van der Waals surface area contributed by atoms with Crippen LogP contribution in [-0.2, 0) is 11.3 Å². The summed E-state index contributed by atoms with van der Waals surface area (Å²) in [6, 6.07) is 20.5. The molecule has 0 aromatic heterocycles. The Morgan fingerprint density at radius 1 is 1.03 bits per heavy atom. The first-order chi connectivity index (χ1) is 15.9. The minimum absolute atomic E-state index is 0.0418. The second-order valence-electron chi connectivity index (χ2n) is 7.86. The lowest BCUT2D eigenvalue weighted by atomic mass is 10.0. The first-order valence-corrected chi connectivity index (χ1v) is 10.4. The summed E-state index contributed by atoms with van der Waals surface area (Å²) < 4.78 is 12.0. The van der Waals surface area contributed by atoms with E-state index in [0.717, 1.165) is 11.1 Å². The van der Waals surface area contributed by atoms with Crippen molar-refractivity contribution in [1.82, 2.24) is 0 Å². The fourth-order valence-electron chi connectivity index (χ4n) is 3.38. The molecule has 8 heteroatoms. The number of nitro groups is 1. The van der Waals surface area contributed by atoms with Crippen LogP contribution in [0, 0.1) is 10.1 Å². The van der Waals surface area contributed by atoms with Gasteiger partial charge in [-0.2, -0.15) is 0 Å². The molecule has 1 atom stereocenters. The van der Waals surface area contributed by atoms with Gasteiger partial charge in [-0.05, 0) is 48.9 Å². The topological polar surface area (TPSA) is 103 Å². The van der Waals surface area contributed by atoms with Crippen LogP contribution in [0.15, 0.2) is 78.9 Å². The van der Waals surface area contributed by atoms with E-state index in [1.807, 2.05) is 55.5 Å². The molecule has 4 rings (SSSR count). The summed E-state index contributed by atoms with van der Waals surface area (Å²) in [7, 11) is 0. The third kappa shape index (κ3) is 5.75. The Kier molecular flexibility index (Phi) is 6.37. The maximum absolute atomic E-state index is 12.3. The monoisotopic (exact) mass is 445 g/mol. The molecular weight excluding hydrogens is 422 g/mol. The Hall–Kier alpha value is -4.17. The van der Waals surface area contributed by atoms with Gasteiger partial charge in [0.15, 0.2) is 0 Å². The highest BCUT2D eigenvalue weighted by Crippen LogP contribution is 2.33. The Bertz CT molecular complexity index is 1180. The Morgan fingerprint density at radius 2 is 1.73 bits per heavy atom. The van der Waals surface area contributed by atoms with Crippen molar-refractivity contribution in [3.63, 3.8) is 0 Å². The first kappa shape index (κ1) is 22.0. The van der Waals surface area contributed by atoms with Gasteiger partial charge in [0.25, 0.3) is 5.69 Å². The Balaban J connectivity index is 1.33. The summed E-state index contributed by atoms with van der Waals surface area (Å²) in [5.41, 5.74) is 2.34. The van der Waals surface area contributed by atoms with Crippen LogP contribution in [0.3, 0.4) is 0 Å². The molecule has 0 bridgehead atoms. The molecule has 0 fully saturated rings. The highest BCUT2D eigenvalue weighted by atomic mass is 16.6. The largest absolute Gasteiger partial charge is 0.480 e. The number of fused-ring (bicyclic) bond motifs is 1. The van der Waals surface area contributed by atoms with Crippen LogP contribution in [0.2, 0.25) is 0 Å². The van der Waals surface area contributed by atoms with Gasteiger partial charge in [0.05, 0.1) is 18.1 Å². The van der Waals surface area contributed by atoms with E-state index in [0.29, 0.717) is 30.3 Å². The second kappa shape index (κ2) is 9.54. The van der Waals surface area contributed by atoms with Gasteiger partial charge in [0.2, 0.25) is 0 Å². The molecule has 2 N–H and O–H groups in total. The van der Waals surface area contributed by atoms with E-state index in [2.05, 4.69) is 10.6 Å². The number of hydrogen-bond acceptors (Lipinski definition) is 5. The van der Waals surface area contributed by atoms with E-state index in [1.165, 1.54) is 24.3 Å². The molecule has 0 radical (unpaired) electrons. The van der Waals surface area contributed by atoms with E-state index in [9.17, 15) is 14.9 Å². The van der Waals surface area contributed by atoms with E-state index in [-0.39, 0.29) is 5.69 Å². The molecule has 0 spiro atoms. The van der Waals surface area contributed by atoms with Gasteiger partial charge in [-0.3, -0.25) is 10.1 Å². The highest BCUT2D eigenvalue weighted by Gasteiger charge is 2.28. The molecule has 1 heterocycles. The zero-order valence-electron chi connectivity index (χ0n) is 18.0. The summed E-state index contributed by atoms with van der Waals surface area (Å²) in [6.07, 6.45) is 3.89. The molecule has 33 heavy (non-hydrogen) atoms. The predicted molar refractivity (Wildman–Crippen MR) is 126 cm³/mol. The van der Waals surface area contributed by atoms with Crippen molar-refractivity contribution in [1.29, 1.82) is 0 Å². The second-order valence-corrected chi connectivity index (χ2v) is 7.86. The molecule has 3 aromatic rings. The van der Waals surface area contributed by atoms with Crippen LogP contribution < -0.4 is 15.4 Å². The van der Waals surface area contributed by atoms with Crippen molar-refractivity contribution in [2.24, 2.45) is 0 Å². The van der Waals surface area contributed by atoms with E-state index >= 15 is 0 Å². The van der Waals surface area contributed by atoms with E-state index in [1.54, 1.807) is 12.1 Å². The summed E-state index contributed by atoms with van der Waals surface area (Å²) in [4.78, 5) is 22.5. The quantitative estimate of drug-likeness (QED) is 0.363. The number of ether oxygens (including phenoxy) is 2. The third-order valence-corrected chi connectivity index (χ3v) is 5.06.